The molecule has 1 fully saturated rings. The molecule has 1 aliphatic rings. The molecule has 0 aromatic rings. The van der Waals surface area contributed by atoms with Crippen LogP contribution >= 0.6 is 15.9 Å². The molecule has 16 heavy (non-hydrogen) atoms. The highest BCUT2D eigenvalue weighted by Gasteiger charge is 2.31. The SMILES string of the molecule is CC(C)(C)CS(=O)(=O)NC1CCCC1CBr. The second-order valence-electron chi connectivity index (χ2n) is 5.89. The van der Waals surface area contributed by atoms with Crippen LogP contribution in [0.25, 0.3) is 0 Å². The van der Waals surface area contributed by atoms with Crippen LogP contribution in [-0.4, -0.2) is 25.5 Å². The summed E-state index contributed by atoms with van der Waals surface area (Å²) in [6, 6.07) is 0.131. The Bertz CT molecular complexity index is 321. The quantitative estimate of drug-likeness (QED) is 0.811. The minimum Gasteiger partial charge on any atom is -0.212 e. The number of hydrogen-bond donors (Lipinski definition) is 1. The van der Waals surface area contributed by atoms with Crippen molar-refractivity contribution in [2.24, 2.45) is 11.3 Å². The van der Waals surface area contributed by atoms with Gasteiger partial charge in [0.05, 0.1) is 5.75 Å². The summed E-state index contributed by atoms with van der Waals surface area (Å²) in [6.45, 7) is 5.84. The molecule has 0 radical (unpaired) electrons. The lowest BCUT2D eigenvalue weighted by Gasteiger charge is -2.23. The molecule has 1 rings (SSSR count). The predicted octanol–water partition coefficient (Wildman–Crippen LogP) is 2.52. The molecule has 0 spiro atoms. The molecular formula is C11H22BrNO2S. The monoisotopic (exact) mass is 311 g/mol. The van der Waals surface area contributed by atoms with Gasteiger partial charge in [-0.3, -0.25) is 0 Å². The van der Waals surface area contributed by atoms with E-state index >= 15 is 0 Å². The van der Waals surface area contributed by atoms with Crippen LogP contribution in [0.3, 0.4) is 0 Å². The van der Waals surface area contributed by atoms with Crippen LogP contribution in [0.2, 0.25) is 0 Å². The zero-order valence-electron chi connectivity index (χ0n) is 10.3. The first-order valence-electron chi connectivity index (χ1n) is 5.79. The van der Waals surface area contributed by atoms with E-state index in [0.717, 1.165) is 24.6 Å². The normalized spacial score (nSPS) is 27.2. The Morgan fingerprint density at radius 1 is 1.31 bits per heavy atom. The molecule has 3 nitrogen and oxygen atoms in total. The first-order valence-corrected chi connectivity index (χ1v) is 8.57. The largest absolute Gasteiger partial charge is 0.212 e. The van der Waals surface area contributed by atoms with Crippen LogP contribution in [0.4, 0.5) is 0 Å². The Balaban J connectivity index is 2.59. The molecule has 2 unspecified atom stereocenters. The summed E-state index contributed by atoms with van der Waals surface area (Å²) in [6.07, 6.45) is 3.21. The fraction of sp³-hybridized carbons (Fsp3) is 1.00. The molecule has 0 aromatic heterocycles. The number of rotatable bonds is 4. The zero-order valence-corrected chi connectivity index (χ0v) is 12.7. The third-order valence-electron chi connectivity index (χ3n) is 2.81. The Labute approximate surface area is 108 Å². The lowest BCUT2D eigenvalue weighted by atomic mass is 10.0. The van der Waals surface area contributed by atoms with Gasteiger partial charge in [-0.25, -0.2) is 13.1 Å². The van der Waals surface area contributed by atoms with Gasteiger partial charge in [0.1, 0.15) is 0 Å². The van der Waals surface area contributed by atoms with Gasteiger partial charge in [0.2, 0.25) is 10.0 Å². The Morgan fingerprint density at radius 2 is 1.94 bits per heavy atom. The van der Waals surface area contributed by atoms with E-state index in [4.69, 9.17) is 0 Å². The van der Waals surface area contributed by atoms with Crippen molar-refractivity contribution in [3.8, 4) is 0 Å². The molecule has 1 aliphatic carbocycles. The van der Waals surface area contributed by atoms with Gasteiger partial charge in [-0.15, -0.1) is 0 Å². The highest BCUT2D eigenvalue weighted by Crippen LogP contribution is 2.28. The summed E-state index contributed by atoms with van der Waals surface area (Å²) in [5.74, 6) is 0.653. The van der Waals surface area contributed by atoms with Crippen molar-refractivity contribution in [2.45, 2.75) is 46.1 Å². The van der Waals surface area contributed by atoms with Gasteiger partial charge in [-0.05, 0) is 24.2 Å². The molecule has 96 valence electrons. The van der Waals surface area contributed by atoms with Crippen molar-refractivity contribution in [1.29, 1.82) is 0 Å². The molecular weight excluding hydrogens is 290 g/mol. The second kappa shape index (κ2) is 5.36. The summed E-state index contributed by atoms with van der Waals surface area (Å²) < 4.78 is 26.7. The molecule has 0 amide bonds. The smallest absolute Gasteiger partial charge is 0.212 e. The van der Waals surface area contributed by atoms with Gasteiger partial charge in [0.25, 0.3) is 0 Å². The van der Waals surface area contributed by atoms with Gasteiger partial charge < -0.3 is 0 Å². The molecule has 2 atom stereocenters. The second-order valence-corrected chi connectivity index (χ2v) is 8.29. The minimum absolute atomic E-state index is 0.131. The van der Waals surface area contributed by atoms with E-state index in [1.54, 1.807) is 0 Å². The number of hydrogen-bond acceptors (Lipinski definition) is 2. The van der Waals surface area contributed by atoms with Gasteiger partial charge >= 0.3 is 0 Å². The molecule has 1 N–H and O–H groups in total. The first-order chi connectivity index (χ1) is 7.23. The van der Waals surface area contributed by atoms with Crippen LogP contribution in [0.5, 0.6) is 0 Å². The average Bonchev–Trinajstić information content (AvgIpc) is 2.45. The number of nitrogens with one attached hydrogen (secondary N) is 1. The van der Waals surface area contributed by atoms with Crippen LogP contribution in [0, 0.1) is 11.3 Å². The van der Waals surface area contributed by atoms with Crippen molar-refractivity contribution in [3.05, 3.63) is 0 Å². The Morgan fingerprint density at radius 3 is 2.44 bits per heavy atom. The van der Waals surface area contributed by atoms with E-state index in [0.29, 0.717) is 5.92 Å². The summed E-state index contributed by atoms with van der Waals surface area (Å²) in [7, 11) is -3.14. The molecule has 1 saturated carbocycles. The Kier molecular flexibility index (Phi) is 4.84. The van der Waals surface area contributed by atoms with Crippen LogP contribution in [0.15, 0.2) is 0 Å². The van der Waals surface area contributed by atoms with Gasteiger partial charge in [0, 0.05) is 11.4 Å². The first kappa shape index (κ1) is 14.5. The number of sulfonamides is 1. The van der Waals surface area contributed by atoms with Crippen molar-refractivity contribution in [2.75, 3.05) is 11.1 Å². The van der Waals surface area contributed by atoms with E-state index in [9.17, 15) is 8.42 Å². The number of halogens is 1. The van der Waals surface area contributed by atoms with Gasteiger partial charge in [0.15, 0.2) is 0 Å². The fourth-order valence-corrected chi connectivity index (χ4v) is 4.99. The van der Waals surface area contributed by atoms with Crippen molar-refractivity contribution in [3.63, 3.8) is 0 Å². The molecule has 0 aliphatic heterocycles. The van der Waals surface area contributed by atoms with E-state index < -0.39 is 10.0 Å². The highest BCUT2D eigenvalue weighted by atomic mass is 79.9. The van der Waals surface area contributed by atoms with Gasteiger partial charge in [-0.2, -0.15) is 0 Å². The third-order valence-corrected chi connectivity index (χ3v) is 5.55. The van der Waals surface area contributed by atoms with Crippen molar-refractivity contribution >= 4 is 26.0 Å². The minimum atomic E-state index is -3.14. The molecule has 0 bridgehead atoms. The van der Waals surface area contributed by atoms with Crippen molar-refractivity contribution in [1.82, 2.24) is 4.72 Å². The maximum atomic E-state index is 11.9. The maximum absolute atomic E-state index is 11.9. The molecule has 0 saturated heterocycles. The molecule has 0 heterocycles. The average molecular weight is 312 g/mol. The molecule has 5 heteroatoms. The predicted molar refractivity (Wildman–Crippen MR) is 71.3 cm³/mol. The summed E-state index contributed by atoms with van der Waals surface area (Å²) in [4.78, 5) is 0. The van der Waals surface area contributed by atoms with Crippen molar-refractivity contribution < 1.29 is 8.42 Å². The standard InChI is InChI=1S/C11H22BrNO2S/c1-11(2,3)8-16(14,15)13-10-6-4-5-9(10)7-12/h9-10,13H,4-8H2,1-3H3. The van der Waals surface area contributed by atoms with Crippen LogP contribution < -0.4 is 4.72 Å². The lowest BCUT2D eigenvalue weighted by Crippen LogP contribution is -2.41. The zero-order chi connectivity index (χ0) is 12.4. The fourth-order valence-electron chi connectivity index (χ4n) is 2.22. The van der Waals surface area contributed by atoms with Crippen LogP contribution in [0.1, 0.15) is 40.0 Å². The topological polar surface area (TPSA) is 46.2 Å². The van der Waals surface area contributed by atoms with Gasteiger partial charge in [-0.1, -0.05) is 43.1 Å². The summed E-state index contributed by atoms with van der Waals surface area (Å²) in [5.41, 5.74) is -0.186. The third kappa shape index (κ3) is 4.72. The lowest BCUT2D eigenvalue weighted by molar-refractivity contribution is 0.442. The van der Waals surface area contributed by atoms with Crippen LogP contribution in [-0.2, 0) is 10.0 Å². The van der Waals surface area contributed by atoms with E-state index in [1.165, 1.54) is 0 Å². The Hall–Kier alpha value is 0.390. The maximum Gasteiger partial charge on any atom is 0.212 e. The summed E-state index contributed by atoms with van der Waals surface area (Å²) >= 11 is 3.45. The summed E-state index contributed by atoms with van der Waals surface area (Å²) in [5, 5.41) is 0.885. The highest BCUT2D eigenvalue weighted by molar-refractivity contribution is 9.09. The van der Waals surface area contributed by atoms with E-state index in [2.05, 4.69) is 20.7 Å². The number of alkyl halides is 1. The molecule has 0 aromatic carbocycles. The van der Waals surface area contributed by atoms with E-state index in [1.807, 2.05) is 20.8 Å². The van der Waals surface area contributed by atoms with E-state index in [-0.39, 0.29) is 17.2 Å².